The number of rotatable bonds is 7. The molecule has 1 aromatic rings. The van der Waals surface area contributed by atoms with Crippen molar-refractivity contribution in [2.75, 3.05) is 25.9 Å². The van der Waals surface area contributed by atoms with Gasteiger partial charge >= 0.3 is 5.97 Å². The summed E-state index contributed by atoms with van der Waals surface area (Å²) in [5.74, 6) is -1.56. The molecule has 0 amide bonds. The number of hydrogen-bond acceptors (Lipinski definition) is 4. The maximum absolute atomic E-state index is 13.0. The van der Waals surface area contributed by atoms with Gasteiger partial charge in [-0.2, -0.15) is 0 Å². The molecular weight excluding hydrogens is 251 g/mol. The van der Waals surface area contributed by atoms with Gasteiger partial charge in [-0.3, -0.25) is 9.59 Å². The van der Waals surface area contributed by atoms with Crippen molar-refractivity contribution in [3.63, 3.8) is 0 Å². The van der Waals surface area contributed by atoms with E-state index in [1.807, 2.05) is 0 Å². The number of carboxylic acids is 1. The van der Waals surface area contributed by atoms with Crippen molar-refractivity contribution < 1.29 is 19.1 Å². The number of nitrogens with two attached hydrogens (primary N) is 1. The summed E-state index contributed by atoms with van der Waals surface area (Å²) in [6.07, 6.45) is 0.273. The average Bonchev–Trinajstić information content (AvgIpc) is 2.36. The van der Waals surface area contributed by atoms with Gasteiger partial charge in [0.05, 0.1) is 12.1 Å². The van der Waals surface area contributed by atoms with Gasteiger partial charge < -0.3 is 15.7 Å². The molecule has 0 aliphatic heterocycles. The van der Waals surface area contributed by atoms with Crippen LogP contribution in [0.2, 0.25) is 0 Å². The van der Waals surface area contributed by atoms with Crippen molar-refractivity contribution in [1.29, 1.82) is 0 Å². The smallest absolute Gasteiger partial charge is 0.304 e. The molecule has 0 unspecified atom stereocenters. The number of nitrogens with zero attached hydrogens (tertiary/aromatic N) is 1. The summed E-state index contributed by atoms with van der Waals surface area (Å²) in [6.45, 7) is 0.831. The highest BCUT2D eigenvalue weighted by atomic mass is 19.1. The van der Waals surface area contributed by atoms with E-state index in [2.05, 4.69) is 0 Å². The standard InChI is InChI=1S/C13H17FN2O3/c1-16(7-5-13(18)19)6-4-12(17)9-2-3-10(14)11(15)8-9/h2-3,8H,4-7,15H2,1H3,(H,18,19). The minimum Gasteiger partial charge on any atom is -0.481 e. The van der Waals surface area contributed by atoms with Crippen molar-refractivity contribution in [1.82, 2.24) is 4.90 Å². The van der Waals surface area contributed by atoms with Gasteiger partial charge in [0.25, 0.3) is 0 Å². The molecule has 1 aromatic carbocycles. The van der Waals surface area contributed by atoms with Gasteiger partial charge in [-0.1, -0.05) is 0 Å². The Balaban J connectivity index is 2.46. The summed E-state index contributed by atoms with van der Waals surface area (Å²) >= 11 is 0. The molecule has 0 bridgehead atoms. The van der Waals surface area contributed by atoms with Gasteiger partial charge in [-0.15, -0.1) is 0 Å². The first-order valence-corrected chi connectivity index (χ1v) is 5.88. The SMILES string of the molecule is CN(CCC(=O)O)CCC(=O)c1ccc(F)c(N)c1. The number of ketones is 1. The molecule has 0 saturated carbocycles. The molecule has 0 aliphatic rings. The normalized spacial score (nSPS) is 10.7. The largest absolute Gasteiger partial charge is 0.481 e. The second-order valence-electron chi connectivity index (χ2n) is 4.36. The Morgan fingerprint density at radius 1 is 1.32 bits per heavy atom. The Kier molecular flexibility index (Phi) is 5.44. The summed E-state index contributed by atoms with van der Waals surface area (Å²) < 4.78 is 13.0. The molecule has 1 rings (SSSR count). The summed E-state index contributed by atoms with van der Waals surface area (Å²) in [5.41, 5.74) is 5.71. The molecule has 104 valence electrons. The van der Waals surface area contributed by atoms with E-state index in [-0.39, 0.29) is 24.3 Å². The highest BCUT2D eigenvalue weighted by Gasteiger charge is 2.10. The zero-order valence-corrected chi connectivity index (χ0v) is 10.7. The second kappa shape index (κ2) is 6.84. The Labute approximate surface area is 110 Å². The average molecular weight is 268 g/mol. The molecule has 0 heterocycles. The van der Waals surface area contributed by atoms with E-state index in [0.717, 1.165) is 6.07 Å². The molecule has 0 radical (unpaired) electrons. The van der Waals surface area contributed by atoms with Crippen molar-refractivity contribution >= 4 is 17.4 Å². The van der Waals surface area contributed by atoms with Gasteiger partial charge in [0, 0.05) is 25.1 Å². The second-order valence-corrected chi connectivity index (χ2v) is 4.36. The Morgan fingerprint density at radius 2 is 1.95 bits per heavy atom. The van der Waals surface area contributed by atoms with Crippen molar-refractivity contribution in [2.24, 2.45) is 0 Å². The topological polar surface area (TPSA) is 83.6 Å². The maximum atomic E-state index is 13.0. The number of carboxylic acid groups (broad SMARTS) is 1. The van der Waals surface area contributed by atoms with Crippen LogP contribution >= 0.6 is 0 Å². The van der Waals surface area contributed by atoms with E-state index < -0.39 is 11.8 Å². The Hall–Kier alpha value is -1.95. The lowest BCUT2D eigenvalue weighted by Crippen LogP contribution is -2.24. The summed E-state index contributed by atoms with van der Waals surface area (Å²) in [4.78, 5) is 24.0. The van der Waals surface area contributed by atoms with Crippen LogP contribution < -0.4 is 5.73 Å². The fraction of sp³-hybridized carbons (Fsp3) is 0.385. The first kappa shape index (κ1) is 15.1. The minimum absolute atomic E-state index is 0.0359. The van der Waals surface area contributed by atoms with Crippen LogP contribution in [0.15, 0.2) is 18.2 Å². The van der Waals surface area contributed by atoms with Crippen molar-refractivity contribution in [2.45, 2.75) is 12.8 Å². The minimum atomic E-state index is -0.871. The molecule has 0 aromatic heterocycles. The molecule has 0 atom stereocenters. The zero-order valence-electron chi connectivity index (χ0n) is 10.7. The number of halogens is 1. The van der Waals surface area contributed by atoms with Crippen molar-refractivity contribution in [3.05, 3.63) is 29.6 Å². The molecule has 0 aliphatic carbocycles. The van der Waals surface area contributed by atoms with Crippen LogP contribution in [0, 0.1) is 5.82 Å². The lowest BCUT2D eigenvalue weighted by atomic mass is 10.1. The Morgan fingerprint density at radius 3 is 2.53 bits per heavy atom. The lowest BCUT2D eigenvalue weighted by Gasteiger charge is -2.14. The van der Waals surface area contributed by atoms with E-state index in [1.165, 1.54) is 12.1 Å². The highest BCUT2D eigenvalue weighted by Crippen LogP contribution is 2.13. The molecule has 3 N–H and O–H groups in total. The number of hydrogen-bond donors (Lipinski definition) is 2. The first-order valence-electron chi connectivity index (χ1n) is 5.88. The monoisotopic (exact) mass is 268 g/mol. The van der Waals surface area contributed by atoms with Crippen LogP contribution in [0.3, 0.4) is 0 Å². The fourth-order valence-corrected chi connectivity index (χ4v) is 1.55. The van der Waals surface area contributed by atoms with Crippen molar-refractivity contribution in [3.8, 4) is 0 Å². The zero-order chi connectivity index (χ0) is 14.4. The number of benzene rings is 1. The molecule has 0 saturated heterocycles. The van der Waals surface area contributed by atoms with Gasteiger partial charge in [0.15, 0.2) is 5.78 Å². The van der Waals surface area contributed by atoms with E-state index in [1.54, 1.807) is 11.9 Å². The quantitative estimate of drug-likeness (QED) is 0.576. The number of carbonyl (C=O) groups excluding carboxylic acids is 1. The van der Waals surface area contributed by atoms with E-state index in [9.17, 15) is 14.0 Å². The molecule has 19 heavy (non-hydrogen) atoms. The van der Waals surface area contributed by atoms with Gasteiger partial charge in [-0.05, 0) is 25.2 Å². The number of aliphatic carboxylic acids is 1. The first-order chi connectivity index (χ1) is 8.90. The van der Waals surface area contributed by atoms with Gasteiger partial charge in [0.1, 0.15) is 5.82 Å². The van der Waals surface area contributed by atoms with E-state index >= 15 is 0 Å². The molecule has 6 heteroatoms. The van der Waals surface area contributed by atoms with Crippen LogP contribution in [0.1, 0.15) is 23.2 Å². The van der Waals surface area contributed by atoms with E-state index in [0.29, 0.717) is 18.7 Å². The van der Waals surface area contributed by atoms with Crippen LogP contribution in [-0.4, -0.2) is 41.9 Å². The predicted octanol–water partition coefficient (Wildman–Crippen LogP) is 1.39. The van der Waals surface area contributed by atoms with Crippen LogP contribution in [0.5, 0.6) is 0 Å². The maximum Gasteiger partial charge on any atom is 0.304 e. The summed E-state index contributed by atoms with van der Waals surface area (Å²) in [7, 11) is 1.75. The Bertz CT molecular complexity index is 477. The molecule has 5 nitrogen and oxygen atoms in total. The number of anilines is 1. The van der Waals surface area contributed by atoms with Gasteiger partial charge in [0.2, 0.25) is 0 Å². The fourth-order valence-electron chi connectivity index (χ4n) is 1.55. The third-order valence-electron chi connectivity index (χ3n) is 2.75. The predicted molar refractivity (Wildman–Crippen MR) is 69.5 cm³/mol. The van der Waals surface area contributed by atoms with E-state index in [4.69, 9.17) is 10.8 Å². The third-order valence-corrected chi connectivity index (χ3v) is 2.75. The summed E-state index contributed by atoms with van der Waals surface area (Å²) in [6, 6.07) is 3.87. The van der Waals surface area contributed by atoms with Crippen LogP contribution in [0.25, 0.3) is 0 Å². The lowest BCUT2D eigenvalue weighted by molar-refractivity contribution is -0.137. The number of nitrogen functional groups attached to an aromatic ring is 1. The number of carbonyl (C=O) groups is 2. The van der Waals surface area contributed by atoms with Gasteiger partial charge in [-0.25, -0.2) is 4.39 Å². The molecule has 0 fully saturated rings. The highest BCUT2D eigenvalue weighted by molar-refractivity contribution is 5.96. The van der Waals surface area contributed by atoms with Crippen LogP contribution in [-0.2, 0) is 4.79 Å². The molecule has 0 spiro atoms. The number of Topliss-reactive ketones (excluding diaryl/α,β-unsaturated/α-hetero) is 1. The third kappa shape index (κ3) is 5.05. The molecular formula is C13H17FN2O3. The van der Waals surface area contributed by atoms with Crippen LogP contribution in [0.4, 0.5) is 10.1 Å². The summed E-state index contributed by atoms with van der Waals surface area (Å²) in [5, 5.41) is 8.53.